The molecule has 1 aromatic carbocycles. The number of fused-ring (bicyclic) bond motifs is 5. The summed E-state index contributed by atoms with van der Waals surface area (Å²) < 4.78 is 7.03. The molecule has 3 heteroatoms. The summed E-state index contributed by atoms with van der Waals surface area (Å²) in [6.45, 7) is 18.9. The molecule has 2 fully saturated rings. The van der Waals surface area contributed by atoms with Gasteiger partial charge in [0.1, 0.15) is 12.0 Å². The lowest BCUT2D eigenvalue weighted by Crippen LogP contribution is -2.50. The van der Waals surface area contributed by atoms with E-state index in [0.717, 1.165) is 17.6 Å². The molecule has 2 saturated carbocycles. The molecular weight excluding hydrogens is 420 g/mol. The summed E-state index contributed by atoms with van der Waals surface area (Å²) in [6.07, 6.45) is 8.85. The highest BCUT2D eigenvalue weighted by atomic mass is 28.4. The lowest BCUT2D eigenvalue weighted by Gasteiger charge is -2.51. The molecule has 0 spiro atoms. The van der Waals surface area contributed by atoms with E-state index in [9.17, 15) is 4.79 Å². The van der Waals surface area contributed by atoms with Crippen LogP contribution in [0.25, 0.3) is 0 Å². The SMILES string of the molecule is CC(C)[Si](Oc1ccc2c(c1)CC[C@@H]1[C@@H]2CC[C@]2(C)[C@@H]([C@H](C)C=O)CC[C@@H]12)(C(C)C)C(C)C. The topological polar surface area (TPSA) is 26.3 Å². The lowest BCUT2D eigenvalue weighted by molar-refractivity contribution is -0.114. The number of aldehydes is 1. The molecule has 0 bridgehead atoms. The average molecular weight is 469 g/mol. The van der Waals surface area contributed by atoms with Gasteiger partial charge >= 0.3 is 0 Å². The Balaban J connectivity index is 1.59. The van der Waals surface area contributed by atoms with Crippen LogP contribution in [0.4, 0.5) is 0 Å². The van der Waals surface area contributed by atoms with Crippen molar-refractivity contribution in [3.05, 3.63) is 29.3 Å². The van der Waals surface area contributed by atoms with Gasteiger partial charge in [0.25, 0.3) is 8.32 Å². The first-order valence-corrected chi connectivity index (χ1v) is 16.0. The first kappa shape index (κ1) is 25.0. The minimum atomic E-state index is -1.93. The van der Waals surface area contributed by atoms with Crippen LogP contribution in [0.2, 0.25) is 16.6 Å². The Morgan fingerprint density at radius 1 is 0.970 bits per heavy atom. The molecular formula is C30H48O2Si. The predicted octanol–water partition coefficient (Wildman–Crippen LogP) is 8.55. The number of aryl methyl sites for hydroxylation is 1. The highest BCUT2D eigenvalue weighted by Crippen LogP contribution is 2.64. The summed E-state index contributed by atoms with van der Waals surface area (Å²) >= 11 is 0. The second kappa shape index (κ2) is 9.17. The summed E-state index contributed by atoms with van der Waals surface area (Å²) in [6, 6.07) is 7.15. The van der Waals surface area contributed by atoms with Gasteiger partial charge in [0, 0.05) is 5.92 Å². The van der Waals surface area contributed by atoms with Crippen LogP contribution in [0.1, 0.15) is 105 Å². The zero-order valence-corrected chi connectivity index (χ0v) is 23.5. The Morgan fingerprint density at radius 2 is 1.64 bits per heavy atom. The zero-order chi connectivity index (χ0) is 24.1. The average Bonchev–Trinajstić information content (AvgIpc) is 3.13. The summed E-state index contributed by atoms with van der Waals surface area (Å²) in [5, 5.41) is 0. The fourth-order valence-electron chi connectivity index (χ4n) is 9.18. The minimum Gasteiger partial charge on any atom is -0.543 e. The summed E-state index contributed by atoms with van der Waals surface area (Å²) in [7, 11) is -1.93. The van der Waals surface area contributed by atoms with E-state index in [1.165, 1.54) is 44.8 Å². The molecule has 0 aliphatic heterocycles. The van der Waals surface area contributed by atoms with E-state index >= 15 is 0 Å². The Kier molecular flexibility index (Phi) is 6.95. The van der Waals surface area contributed by atoms with Gasteiger partial charge in [-0.3, -0.25) is 0 Å². The third kappa shape index (κ3) is 3.95. The van der Waals surface area contributed by atoms with Crippen molar-refractivity contribution in [1.29, 1.82) is 0 Å². The van der Waals surface area contributed by atoms with E-state index in [1.807, 2.05) is 0 Å². The smallest absolute Gasteiger partial charge is 0.258 e. The van der Waals surface area contributed by atoms with E-state index in [2.05, 4.69) is 73.6 Å². The molecule has 0 saturated heterocycles. The van der Waals surface area contributed by atoms with Crippen LogP contribution in [-0.2, 0) is 11.2 Å². The van der Waals surface area contributed by atoms with Gasteiger partial charge in [-0.25, -0.2) is 0 Å². The summed E-state index contributed by atoms with van der Waals surface area (Å²) in [4.78, 5) is 11.6. The maximum atomic E-state index is 11.6. The molecule has 0 amide bonds. The van der Waals surface area contributed by atoms with Crippen molar-refractivity contribution in [3.63, 3.8) is 0 Å². The first-order chi connectivity index (χ1) is 15.6. The molecule has 6 atom stereocenters. The highest BCUT2D eigenvalue weighted by Gasteiger charge is 2.55. The number of rotatable bonds is 7. The third-order valence-electron chi connectivity index (χ3n) is 10.6. The second-order valence-corrected chi connectivity index (χ2v) is 18.3. The Morgan fingerprint density at radius 3 is 2.24 bits per heavy atom. The van der Waals surface area contributed by atoms with Crippen LogP contribution in [0.3, 0.4) is 0 Å². The quantitative estimate of drug-likeness (QED) is 0.296. The van der Waals surface area contributed by atoms with Crippen LogP contribution >= 0.6 is 0 Å². The first-order valence-electron chi connectivity index (χ1n) is 13.8. The third-order valence-corrected chi connectivity index (χ3v) is 16.6. The Labute approximate surface area is 204 Å². The van der Waals surface area contributed by atoms with Crippen LogP contribution in [0.5, 0.6) is 5.75 Å². The van der Waals surface area contributed by atoms with Crippen molar-refractivity contribution in [1.82, 2.24) is 0 Å². The molecule has 184 valence electrons. The van der Waals surface area contributed by atoms with Crippen molar-refractivity contribution >= 4 is 14.6 Å². The monoisotopic (exact) mass is 468 g/mol. The fourth-order valence-corrected chi connectivity index (χ4v) is 14.4. The van der Waals surface area contributed by atoms with E-state index in [1.54, 1.807) is 11.1 Å². The van der Waals surface area contributed by atoms with E-state index in [-0.39, 0.29) is 5.92 Å². The van der Waals surface area contributed by atoms with Crippen LogP contribution in [-0.4, -0.2) is 14.6 Å². The number of carbonyl (C=O) groups is 1. The molecule has 3 aliphatic rings. The number of hydrogen-bond acceptors (Lipinski definition) is 2. The standard InChI is InChI=1S/C30H48O2Si/c1-19(2)33(20(3)4,21(5)6)32-24-10-12-25-23(17-24)9-11-27-26(25)15-16-30(8)28(22(7)18-31)13-14-29(27)30/h10,12,17-22,26-29H,9,11,13-16H2,1-8H3/t22-,26-,27-,28-,29+,30-/m1/s1. The number of benzene rings is 1. The molecule has 33 heavy (non-hydrogen) atoms. The van der Waals surface area contributed by atoms with Gasteiger partial charge in [-0.05, 0) is 107 Å². The van der Waals surface area contributed by atoms with Gasteiger partial charge in [0.2, 0.25) is 0 Å². The van der Waals surface area contributed by atoms with Gasteiger partial charge in [-0.1, -0.05) is 61.5 Å². The molecule has 0 N–H and O–H groups in total. The van der Waals surface area contributed by atoms with Gasteiger partial charge in [0.05, 0.1) is 0 Å². The van der Waals surface area contributed by atoms with E-state index < -0.39 is 8.32 Å². The maximum Gasteiger partial charge on any atom is 0.258 e. The van der Waals surface area contributed by atoms with Crippen molar-refractivity contribution in [3.8, 4) is 5.75 Å². The molecule has 0 unspecified atom stereocenters. The molecule has 3 aliphatic carbocycles. The minimum absolute atomic E-state index is 0.208. The molecule has 4 rings (SSSR count). The summed E-state index contributed by atoms with van der Waals surface area (Å²) in [5.41, 5.74) is 5.30. The molecule has 0 aromatic heterocycles. The lowest BCUT2D eigenvalue weighted by atomic mass is 9.53. The normalized spacial score (nSPS) is 32.5. The van der Waals surface area contributed by atoms with Crippen LogP contribution in [0, 0.1) is 29.1 Å². The largest absolute Gasteiger partial charge is 0.543 e. The predicted molar refractivity (Wildman–Crippen MR) is 141 cm³/mol. The molecule has 2 nitrogen and oxygen atoms in total. The number of hydrogen-bond donors (Lipinski definition) is 0. The van der Waals surface area contributed by atoms with Crippen molar-refractivity contribution in [2.75, 3.05) is 0 Å². The van der Waals surface area contributed by atoms with Gasteiger partial charge in [-0.15, -0.1) is 0 Å². The maximum absolute atomic E-state index is 11.6. The summed E-state index contributed by atoms with van der Waals surface area (Å²) in [5.74, 6) is 4.20. The zero-order valence-electron chi connectivity index (χ0n) is 22.5. The van der Waals surface area contributed by atoms with E-state index in [0.29, 0.717) is 33.9 Å². The molecule has 0 radical (unpaired) electrons. The van der Waals surface area contributed by atoms with Crippen molar-refractivity contribution in [2.45, 2.75) is 116 Å². The number of carbonyl (C=O) groups excluding carboxylic acids is 1. The van der Waals surface area contributed by atoms with Crippen molar-refractivity contribution in [2.24, 2.45) is 29.1 Å². The molecule has 0 heterocycles. The van der Waals surface area contributed by atoms with Crippen LogP contribution in [0.15, 0.2) is 18.2 Å². The van der Waals surface area contributed by atoms with E-state index in [4.69, 9.17) is 4.43 Å². The Bertz CT molecular complexity index is 837. The van der Waals surface area contributed by atoms with Gasteiger partial charge in [0.15, 0.2) is 0 Å². The van der Waals surface area contributed by atoms with Crippen molar-refractivity contribution < 1.29 is 9.22 Å². The fraction of sp³-hybridized carbons (Fsp3) is 0.767. The second-order valence-electron chi connectivity index (χ2n) is 12.9. The highest BCUT2D eigenvalue weighted by molar-refractivity contribution is 6.78. The Hall–Kier alpha value is -1.09. The molecule has 1 aromatic rings. The van der Waals surface area contributed by atoms with Gasteiger partial charge in [-0.2, -0.15) is 0 Å². The van der Waals surface area contributed by atoms with Crippen LogP contribution < -0.4 is 4.43 Å². The van der Waals surface area contributed by atoms with Gasteiger partial charge < -0.3 is 9.22 Å².